The van der Waals surface area contributed by atoms with Gasteiger partial charge < -0.3 is 4.74 Å². The molecule has 178 valence electrons. The lowest BCUT2D eigenvalue weighted by Crippen LogP contribution is -2.25. The molecule has 10 nitrogen and oxygen atoms in total. The molecule has 2 N–H and O–H groups in total. The summed E-state index contributed by atoms with van der Waals surface area (Å²) in [4.78, 5) is 0.438. The van der Waals surface area contributed by atoms with Crippen molar-refractivity contribution >= 4 is 27.9 Å². The van der Waals surface area contributed by atoms with Crippen LogP contribution >= 0.6 is 0 Å². The highest BCUT2D eigenvalue weighted by Crippen LogP contribution is 2.31. The lowest BCUT2D eigenvalue weighted by molar-refractivity contribution is 0.414. The number of ether oxygens (including phenoxy) is 1. The smallest absolute Gasteiger partial charge is 0.240 e. The Morgan fingerprint density at radius 1 is 1.03 bits per heavy atom. The molecule has 3 rings (SSSR count). The van der Waals surface area contributed by atoms with Crippen LogP contribution < -0.4 is 9.88 Å². The van der Waals surface area contributed by atoms with Crippen LogP contribution in [0, 0.1) is 0 Å². The van der Waals surface area contributed by atoms with Gasteiger partial charge in [0, 0.05) is 13.6 Å². The van der Waals surface area contributed by atoms with E-state index in [4.69, 9.17) is 9.88 Å². The summed E-state index contributed by atoms with van der Waals surface area (Å²) in [6, 6.07) is 11.9. The number of tetrazole rings is 1. The molecule has 0 aliphatic carbocycles. The summed E-state index contributed by atoms with van der Waals surface area (Å²) in [5.41, 5.74) is 0.863. The Balaban J connectivity index is 2.01. The van der Waals surface area contributed by atoms with Crippen molar-refractivity contribution in [2.75, 3.05) is 12.9 Å². The van der Waals surface area contributed by atoms with Crippen LogP contribution in [0.3, 0.4) is 0 Å². The van der Waals surface area contributed by atoms with Gasteiger partial charge in [-0.2, -0.15) is 4.80 Å². The second kappa shape index (κ2) is 9.33. The minimum Gasteiger partial charge on any atom is -0.497 e. The maximum Gasteiger partial charge on any atom is 0.240 e. The quantitative estimate of drug-likeness (QED) is 0.432. The number of methoxy groups -OCH3 is 1. The number of rotatable bonds is 9. The minimum atomic E-state index is -4.41. The summed E-state index contributed by atoms with van der Waals surface area (Å²) < 4.78 is 56.2. The molecule has 0 radical (unpaired) electrons. The molecule has 33 heavy (non-hydrogen) atoms. The topological polar surface area (TPSA) is 147 Å². The molecule has 0 saturated heterocycles. The van der Waals surface area contributed by atoms with Crippen molar-refractivity contribution in [1.82, 2.24) is 20.2 Å². The highest BCUT2D eigenvalue weighted by atomic mass is 32.2. The Morgan fingerprint density at radius 3 is 2.27 bits per heavy atom. The van der Waals surface area contributed by atoms with Gasteiger partial charge in [0.05, 0.1) is 24.3 Å². The summed E-state index contributed by atoms with van der Waals surface area (Å²) in [7, 11) is -8.42. The molecule has 1 heterocycles. The Labute approximate surface area is 194 Å². The van der Waals surface area contributed by atoms with Gasteiger partial charge in [-0.3, -0.25) is 0 Å². The molecular formula is C20H27N5O5S2Si. The fourth-order valence-electron chi connectivity index (χ4n) is 3.09. The number of sulfone groups is 1. The first kappa shape index (κ1) is 25.0. The number of sulfonamides is 1. The van der Waals surface area contributed by atoms with Crippen molar-refractivity contribution in [1.29, 1.82) is 0 Å². The Morgan fingerprint density at radius 2 is 1.70 bits per heavy atom. The lowest BCUT2D eigenvalue weighted by atomic mass is 10.2. The van der Waals surface area contributed by atoms with E-state index in [2.05, 4.69) is 15.4 Å². The summed E-state index contributed by atoms with van der Waals surface area (Å²) in [6.07, 6.45) is 0. The van der Waals surface area contributed by atoms with Gasteiger partial charge in [0.2, 0.25) is 15.8 Å². The largest absolute Gasteiger partial charge is 0.497 e. The normalized spacial score (nSPS) is 12.6. The Bertz CT molecular complexity index is 1350. The molecule has 0 bridgehead atoms. The van der Waals surface area contributed by atoms with Gasteiger partial charge in [0.1, 0.15) is 10.6 Å². The molecule has 2 aromatic carbocycles. The van der Waals surface area contributed by atoms with Crippen molar-refractivity contribution in [3.63, 3.8) is 0 Å². The molecule has 0 amide bonds. The number of nitrogens with zero attached hydrogens (tertiary/aromatic N) is 4. The molecule has 0 aliphatic rings. The molecule has 0 spiro atoms. The molecule has 0 fully saturated rings. The summed E-state index contributed by atoms with van der Waals surface area (Å²) in [6.45, 7) is 6.41. The third-order valence-corrected chi connectivity index (χ3v) is 9.90. The average Bonchev–Trinajstić information content (AvgIpc) is 3.20. The van der Waals surface area contributed by atoms with Crippen LogP contribution in [0.5, 0.6) is 5.75 Å². The maximum atomic E-state index is 13.1. The number of primary sulfonamides is 1. The summed E-state index contributed by atoms with van der Waals surface area (Å²) in [5, 5.41) is 17.6. The average molecular weight is 510 g/mol. The van der Waals surface area contributed by atoms with Gasteiger partial charge in [-0.25, -0.2) is 22.0 Å². The molecular weight excluding hydrogens is 482 g/mol. The molecule has 0 unspecified atom stereocenters. The van der Waals surface area contributed by atoms with Crippen molar-refractivity contribution in [2.24, 2.45) is 5.14 Å². The first-order chi connectivity index (χ1) is 15.3. The van der Waals surface area contributed by atoms with Gasteiger partial charge in [-0.05, 0) is 41.1 Å². The molecule has 13 heteroatoms. The maximum absolute atomic E-state index is 13.1. The van der Waals surface area contributed by atoms with Crippen LogP contribution in [0.1, 0.15) is 5.56 Å². The standard InChI is InChI=1S/C20H27N5O5S2Si/c1-30-16-10-8-15(9-11-16)14-25-23-20(22-24-25)17-6-5-7-18(19(17)32(21,28)29)31(26,27)12-13-33(2,3)4/h5-11H,12-14H2,1-4H3,(H2,21,28,29). The predicted octanol–water partition coefficient (Wildman–Crippen LogP) is 2.16. The van der Waals surface area contributed by atoms with Crippen molar-refractivity contribution in [2.45, 2.75) is 42.0 Å². The van der Waals surface area contributed by atoms with E-state index in [1.165, 1.54) is 23.0 Å². The first-order valence-corrected chi connectivity index (χ1v) is 17.0. The van der Waals surface area contributed by atoms with Crippen LogP contribution in [0.4, 0.5) is 0 Å². The third-order valence-electron chi connectivity index (χ3n) is 4.90. The molecule has 3 aromatic rings. The van der Waals surface area contributed by atoms with E-state index in [1.807, 2.05) is 31.8 Å². The fraction of sp³-hybridized carbons (Fsp3) is 0.350. The van der Waals surface area contributed by atoms with E-state index in [0.717, 1.165) is 5.56 Å². The van der Waals surface area contributed by atoms with Crippen LogP contribution in [0.15, 0.2) is 52.3 Å². The Kier molecular flexibility index (Phi) is 7.07. The number of hydrogen-bond acceptors (Lipinski definition) is 8. The van der Waals surface area contributed by atoms with Gasteiger partial charge in [-0.1, -0.05) is 37.8 Å². The van der Waals surface area contributed by atoms with Crippen molar-refractivity contribution < 1.29 is 21.6 Å². The van der Waals surface area contributed by atoms with E-state index in [-0.39, 0.29) is 28.6 Å². The fourth-order valence-corrected chi connectivity index (χ4v) is 9.06. The zero-order chi connectivity index (χ0) is 24.4. The molecule has 0 atom stereocenters. The van der Waals surface area contributed by atoms with Gasteiger partial charge in [-0.15, -0.1) is 10.2 Å². The van der Waals surface area contributed by atoms with Crippen LogP contribution in [-0.2, 0) is 26.4 Å². The highest BCUT2D eigenvalue weighted by molar-refractivity contribution is 7.93. The van der Waals surface area contributed by atoms with Crippen molar-refractivity contribution in [3.8, 4) is 17.1 Å². The number of hydrogen-bond donors (Lipinski definition) is 1. The van der Waals surface area contributed by atoms with E-state index in [9.17, 15) is 16.8 Å². The van der Waals surface area contributed by atoms with Crippen LogP contribution in [0.25, 0.3) is 11.4 Å². The van der Waals surface area contributed by atoms with Gasteiger partial charge in [0.15, 0.2) is 9.84 Å². The zero-order valence-corrected chi connectivity index (χ0v) is 21.5. The van der Waals surface area contributed by atoms with E-state index >= 15 is 0 Å². The zero-order valence-electron chi connectivity index (χ0n) is 18.9. The number of aromatic nitrogens is 4. The number of nitrogens with two attached hydrogens (primary N) is 1. The minimum absolute atomic E-state index is 0.00689. The van der Waals surface area contributed by atoms with E-state index < -0.39 is 32.8 Å². The van der Waals surface area contributed by atoms with Crippen LogP contribution in [-0.4, -0.2) is 58.0 Å². The van der Waals surface area contributed by atoms with Gasteiger partial charge in [0.25, 0.3) is 0 Å². The third kappa shape index (κ3) is 6.25. The summed E-state index contributed by atoms with van der Waals surface area (Å²) >= 11 is 0. The first-order valence-electron chi connectivity index (χ1n) is 10.1. The monoisotopic (exact) mass is 509 g/mol. The molecule has 1 aromatic heterocycles. The second-order valence-corrected chi connectivity index (χ2v) is 18.0. The highest BCUT2D eigenvalue weighted by Gasteiger charge is 2.30. The SMILES string of the molecule is COc1ccc(Cn2nnc(-c3cccc(S(=O)(=O)CC[Si](C)(C)C)c3S(N)(=O)=O)n2)cc1. The lowest BCUT2D eigenvalue weighted by Gasteiger charge is -2.17. The van der Waals surface area contributed by atoms with Gasteiger partial charge >= 0.3 is 0 Å². The van der Waals surface area contributed by atoms with Crippen LogP contribution in [0.2, 0.25) is 25.7 Å². The summed E-state index contributed by atoms with van der Waals surface area (Å²) in [5.74, 6) is 0.512. The Hall–Kier alpha value is -2.61. The molecule has 0 aliphatic heterocycles. The van der Waals surface area contributed by atoms with E-state index in [0.29, 0.717) is 11.8 Å². The number of benzene rings is 2. The van der Waals surface area contributed by atoms with Crippen molar-refractivity contribution in [3.05, 3.63) is 48.0 Å². The predicted molar refractivity (Wildman–Crippen MR) is 127 cm³/mol. The second-order valence-electron chi connectivity index (χ2n) is 8.80. The van der Waals surface area contributed by atoms with E-state index in [1.54, 1.807) is 19.2 Å². The molecule has 0 saturated carbocycles.